The van der Waals surface area contributed by atoms with Crippen LogP contribution in [0.25, 0.3) is 0 Å². The quantitative estimate of drug-likeness (QED) is 0.534. The van der Waals surface area contributed by atoms with E-state index in [1.807, 2.05) is 0 Å². The van der Waals surface area contributed by atoms with Crippen molar-refractivity contribution in [3.05, 3.63) is 40.2 Å². The lowest BCUT2D eigenvalue weighted by Gasteiger charge is -2.08. The number of hydrogen-bond acceptors (Lipinski definition) is 7. The molecule has 2 rings (SSSR count). The molecule has 0 aliphatic carbocycles. The molecular weight excluding hydrogens is 362 g/mol. The van der Waals surface area contributed by atoms with Crippen molar-refractivity contribution in [2.45, 2.75) is 20.8 Å². The van der Waals surface area contributed by atoms with Crippen molar-refractivity contribution in [2.75, 3.05) is 11.9 Å². The number of carbonyl (C=O) groups is 4. The highest BCUT2D eigenvalue weighted by molar-refractivity contribution is 7.16. The molecule has 3 N–H and O–H groups in total. The lowest BCUT2D eigenvalue weighted by molar-refractivity contribution is -0.125. The second kappa shape index (κ2) is 8.30. The van der Waals surface area contributed by atoms with Gasteiger partial charge in [0.2, 0.25) is 5.91 Å². The van der Waals surface area contributed by atoms with Gasteiger partial charge in [0.1, 0.15) is 5.00 Å². The minimum absolute atomic E-state index is 0.0200. The largest absolute Gasteiger partial charge is 0.459 e. The molecule has 0 bridgehead atoms. The second-order valence-electron chi connectivity index (χ2n) is 5.22. The highest BCUT2D eigenvalue weighted by Gasteiger charge is 2.22. The van der Waals surface area contributed by atoms with Gasteiger partial charge in [-0.1, -0.05) is 0 Å². The summed E-state index contributed by atoms with van der Waals surface area (Å²) in [4.78, 5) is 47.7. The van der Waals surface area contributed by atoms with Crippen molar-refractivity contribution < 1.29 is 28.3 Å². The highest BCUT2D eigenvalue weighted by atomic mass is 32.1. The van der Waals surface area contributed by atoms with Crippen molar-refractivity contribution in [3.63, 3.8) is 0 Å². The van der Waals surface area contributed by atoms with Crippen LogP contribution in [0.5, 0.6) is 0 Å². The second-order valence-corrected chi connectivity index (χ2v) is 6.45. The molecule has 2 heterocycles. The fourth-order valence-electron chi connectivity index (χ4n) is 1.96. The van der Waals surface area contributed by atoms with Gasteiger partial charge in [0.25, 0.3) is 5.91 Å². The molecule has 0 saturated carbocycles. The van der Waals surface area contributed by atoms with Gasteiger partial charge in [0.05, 0.1) is 11.8 Å². The summed E-state index contributed by atoms with van der Waals surface area (Å²) in [5.41, 5.74) is 5.09. The van der Waals surface area contributed by atoms with Gasteiger partial charge in [-0.05, 0) is 31.5 Å². The summed E-state index contributed by atoms with van der Waals surface area (Å²) in [5, 5.41) is 2.93. The Kier molecular flexibility index (Phi) is 6.12. The Labute approximate surface area is 152 Å². The molecule has 26 heavy (non-hydrogen) atoms. The van der Waals surface area contributed by atoms with Crippen LogP contribution in [0.2, 0.25) is 0 Å². The average Bonchev–Trinajstić information content (AvgIpc) is 3.19. The Balaban J connectivity index is 1.91. The van der Waals surface area contributed by atoms with Gasteiger partial charge in [-0.2, -0.15) is 0 Å². The van der Waals surface area contributed by atoms with Gasteiger partial charge < -0.3 is 14.5 Å². The third-order valence-electron chi connectivity index (χ3n) is 3.27. The highest BCUT2D eigenvalue weighted by Crippen LogP contribution is 2.32. The Morgan fingerprint density at radius 1 is 1.19 bits per heavy atom. The number of furan rings is 1. The number of nitrogens with one attached hydrogen (secondary N) is 3. The topological polar surface area (TPSA) is 127 Å². The molecule has 2 aromatic heterocycles. The number of anilines is 1. The van der Waals surface area contributed by atoms with Crippen LogP contribution in [0, 0.1) is 13.8 Å². The minimum atomic E-state index is -0.747. The van der Waals surface area contributed by atoms with E-state index in [0.29, 0.717) is 10.6 Å². The van der Waals surface area contributed by atoms with Gasteiger partial charge in [0.15, 0.2) is 12.4 Å². The van der Waals surface area contributed by atoms with Crippen molar-refractivity contribution in [1.82, 2.24) is 10.9 Å². The third-order valence-corrected chi connectivity index (χ3v) is 4.40. The Morgan fingerprint density at radius 2 is 1.92 bits per heavy atom. The van der Waals surface area contributed by atoms with Crippen LogP contribution in [0.1, 0.15) is 38.3 Å². The van der Waals surface area contributed by atoms with Crippen molar-refractivity contribution in [2.24, 2.45) is 0 Å². The number of rotatable bonds is 5. The summed E-state index contributed by atoms with van der Waals surface area (Å²) in [7, 11) is 0. The molecule has 0 unspecified atom stereocenters. The summed E-state index contributed by atoms with van der Waals surface area (Å²) in [6.45, 7) is 4.25. The van der Waals surface area contributed by atoms with E-state index in [2.05, 4.69) is 16.2 Å². The van der Waals surface area contributed by atoms with E-state index in [1.165, 1.54) is 36.7 Å². The molecule has 138 valence electrons. The Morgan fingerprint density at radius 3 is 2.54 bits per heavy atom. The van der Waals surface area contributed by atoms with Crippen molar-refractivity contribution >= 4 is 40.0 Å². The standard InChI is InChI=1S/C16H17N3O6S/c1-8-9(2)26-15(17-10(3)20)13(8)16(23)25-7-12(21)18-19-14(22)11-5-4-6-24-11/h4-6H,7H2,1-3H3,(H,17,20)(H,18,21)(H,19,22). The van der Waals surface area contributed by atoms with Crippen LogP contribution in [-0.2, 0) is 14.3 Å². The van der Waals surface area contributed by atoms with E-state index in [9.17, 15) is 19.2 Å². The summed E-state index contributed by atoms with van der Waals surface area (Å²) in [6, 6.07) is 2.95. The SMILES string of the molecule is CC(=O)Nc1sc(C)c(C)c1C(=O)OCC(=O)NNC(=O)c1ccco1. The molecule has 0 aromatic carbocycles. The molecule has 0 fully saturated rings. The number of ether oxygens (including phenoxy) is 1. The first kappa shape index (κ1) is 19.2. The zero-order valence-corrected chi connectivity index (χ0v) is 15.1. The number of hydrogen-bond donors (Lipinski definition) is 3. The number of aryl methyl sites for hydroxylation is 1. The maximum Gasteiger partial charge on any atom is 0.341 e. The number of esters is 1. The zero-order chi connectivity index (χ0) is 19.3. The summed E-state index contributed by atoms with van der Waals surface area (Å²) in [5.74, 6) is -2.43. The molecule has 0 atom stereocenters. The molecule has 0 aliphatic rings. The van der Waals surface area contributed by atoms with Crippen molar-refractivity contribution in [3.8, 4) is 0 Å². The molecule has 0 spiro atoms. The fraction of sp³-hybridized carbons (Fsp3) is 0.250. The van der Waals surface area contributed by atoms with E-state index in [1.54, 1.807) is 13.8 Å². The van der Waals surface area contributed by atoms with E-state index in [-0.39, 0.29) is 17.2 Å². The van der Waals surface area contributed by atoms with Gasteiger partial charge in [-0.25, -0.2) is 4.79 Å². The summed E-state index contributed by atoms with van der Waals surface area (Å²) in [6.07, 6.45) is 1.32. The van der Waals surface area contributed by atoms with Crippen LogP contribution >= 0.6 is 11.3 Å². The first-order valence-electron chi connectivity index (χ1n) is 7.47. The van der Waals surface area contributed by atoms with E-state index >= 15 is 0 Å². The zero-order valence-electron chi connectivity index (χ0n) is 14.3. The minimum Gasteiger partial charge on any atom is -0.459 e. The van der Waals surface area contributed by atoms with E-state index < -0.39 is 24.4 Å². The van der Waals surface area contributed by atoms with Crippen LogP contribution < -0.4 is 16.2 Å². The van der Waals surface area contributed by atoms with E-state index in [0.717, 1.165) is 4.88 Å². The van der Waals surface area contributed by atoms with Gasteiger partial charge >= 0.3 is 11.9 Å². The first-order chi connectivity index (χ1) is 12.3. The Hall–Kier alpha value is -3.14. The van der Waals surface area contributed by atoms with Crippen LogP contribution in [0.3, 0.4) is 0 Å². The van der Waals surface area contributed by atoms with Gasteiger partial charge in [-0.3, -0.25) is 25.2 Å². The first-order valence-corrected chi connectivity index (χ1v) is 8.28. The lowest BCUT2D eigenvalue weighted by atomic mass is 10.1. The fourth-order valence-corrected chi connectivity index (χ4v) is 3.05. The molecule has 9 nitrogen and oxygen atoms in total. The third kappa shape index (κ3) is 4.70. The Bertz CT molecular complexity index is 841. The maximum absolute atomic E-state index is 12.3. The lowest BCUT2D eigenvalue weighted by Crippen LogP contribution is -2.43. The van der Waals surface area contributed by atoms with E-state index in [4.69, 9.17) is 9.15 Å². The monoisotopic (exact) mass is 379 g/mol. The molecule has 0 saturated heterocycles. The number of hydrazine groups is 1. The van der Waals surface area contributed by atoms with Gasteiger partial charge in [0, 0.05) is 11.8 Å². The van der Waals surface area contributed by atoms with Crippen molar-refractivity contribution in [1.29, 1.82) is 0 Å². The van der Waals surface area contributed by atoms with Gasteiger partial charge in [-0.15, -0.1) is 11.3 Å². The average molecular weight is 379 g/mol. The predicted molar refractivity (Wildman–Crippen MR) is 92.7 cm³/mol. The molecule has 3 amide bonds. The van der Waals surface area contributed by atoms with Crippen LogP contribution in [-0.4, -0.2) is 30.3 Å². The summed E-state index contributed by atoms with van der Waals surface area (Å²) < 4.78 is 9.82. The maximum atomic E-state index is 12.3. The molecule has 0 radical (unpaired) electrons. The molecule has 2 aromatic rings. The number of thiophene rings is 1. The number of carbonyl (C=O) groups excluding carboxylic acids is 4. The normalized spacial score (nSPS) is 10.1. The molecule has 10 heteroatoms. The van der Waals surface area contributed by atoms with Crippen LogP contribution in [0.4, 0.5) is 5.00 Å². The van der Waals surface area contributed by atoms with Crippen LogP contribution in [0.15, 0.2) is 22.8 Å². The smallest absolute Gasteiger partial charge is 0.341 e. The molecular formula is C16H17N3O6S. The molecule has 0 aliphatic heterocycles. The predicted octanol–water partition coefficient (Wildman–Crippen LogP) is 1.53. The summed E-state index contributed by atoms with van der Waals surface area (Å²) >= 11 is 1.24. The number of amides is 3.